The van der Waals surface area contributed by atoms with Gasteiger partial charge in [-0.2, -0.15) is 0 Å². The van der Waals surface area contributed by atoms with Gasteiger partial charge in [-0.1, -0.05) is 18.1 Å². The summed E-state index contributed by atoms with van der Waals surface area (Å²) in [4.78, 5) is 11.9. The maximum absolute atomic E-state index is 11.9. The molecule has 1 unspecified atom stereocenters. The Balaban J connectivity index is 1.85. The SMILES string of the molecule is Cn1cc(CNC(CNC(=O)OC(C)(C)C)C2CCCC2)nn1. The molecule has 1 aromatic heterocycles. The normalized spacial score (nSPS) is 17.2. The Kier molecular flexibility index (Phi) is 5.98. The van der Waals surface area contributed by atoms with Crippen LogP contribution in [-0.2, 0) is 18.3 Å². The van der Waals surface area contributed by atoms with Gasteiger partial charge in [-0.15, -0.1) is 5.10 Å². The van der Waals surface area contributed by atoms with Crippen molar-refractivity contribution in [3.63, 3.8) is 0 Å². The van der Waals surface area contributed by atoms with E-state index >= 15 is 0 Å². The van der Waals surface area contributed by atoms with Crippen molar-refractivity contribution in [2.24, 2.45) is 13.0 Å². The van der Waals surface area contributed by atoms with Crippen LogP contribution in [-0.4, -0.2) is 39.3 Å². The van der Waals surface area contributed by atoms with Crippen LogP contribution in [0.4, 0.5) is 4.79 Å². The highest BCUT2D eigenvalue weighted by Gasteiger charge is 2.26. The molecule has 1 heterocycles. The third-order valence-electron chi connectivity index (χ3n) is 4.03. The van der Waals surface area contributed by atoms with Crippen molar-refractivity contribution in [1.29, 1.82) is 0 Å². The first-order chi connectivity index (χ1) is 10.8. The van der Waals surface area contributed by atoms with Gasteiger partial charge in [0.25, 0.3) is 0 Å². The summed E-state index contributed by atoms with van der Waals surface area (Å²) in [6, 6.07) is 0.229. The second-order valence-corrected chi connectivity index (χ2v) is 7.30. The fraction of sp³-hybridized carbons (Fsp3) is 0.812. The molecular formula is C16H29N5O2. The van der Waals surface area contributed by atoms with Gasteiger partial charge in [-0.05, 0) is 39.5 Å². The van der Waals surface area contributed by atoms with Gasteiger partial charge in [0.2, 0.25) is 0 Å². The van der Waals surface area contributed by atoms with Gasteiger partial charge in [-0.25, -0.2) is 4.79 Å². The molecule has 23 heavy (non-hydrogen) atoms. The minimum absolute atomic E-state index is 0.229. The number of carbonyl (C=O) groups excluding carboxylic acids is 1. The van der Waals surface area contributed by atoms with Crippen molar-refractivity contribution in [1.82, 2.24) is 25.6 Å². The summed E-state index contributed by atoms with van der Waals surface area (Å²) in [7, 11) is 1.86. The molecule has 7 heteroatoms. The van der Waals surface area contributed by atoms with Crippen molar-refractivity contribution in [2.45, 2.75) is 64.6 Å². The molecule has 130 valence electrons. The van der Waals surface area contributed by atoms with Gasteiger partial charge in [0.1, 0.15) is 5.60 Å². The molecule has 1 saturated carbocycles. The molecule has 2 N–H and O–H groups in total. The van der Waals surface area contributed by atoms with Crippen LogP contribution in [0.15, 0.2) is 6.20 Å². The quantitative estimate of drug-likeness (QED) is 0.837. The lowest BCUT2D eigenvalue weighted by molar-refractivity contribution is 0.0518. The summed E-state index contributed by atoms with van der Waals surface area (Å²) in [6.07, 6.45) is 6.48. The minimum Gasteiger partial charge on any atom is -0.444 e. The zero-order valence-corrected chi connectivity index (χ0v) is 14.6. The number of rotatable bonds is 6. The zero-order valence-electron chi connectivity index (χ0n) is 14.6. The van der Waals surface area contributed by atoms with Crippen LogP contribution < -0.4 is 10.6 Å². The number of carbonyl (C=O) groups is 1. The van der Waals surface area contributed by atoms with E-state index in [1.165, 1.54) is 25.7 Å². The van der Waals surface area contributed by atoms with Crippen molar-refractivity contribution in [3.8, 4) is 0 Å². The molecule has 0 aliphatic heterocycles. The van der Waals surface area contributed by atoms with Crippen LogP contribution in [0.5, 0.6) is 0 Å². The Morgan fingerprint density at radius 3 is 2.70 bits per heavy atom. The lowest BCUT2D eigenvalue weighted by Crippen LogP contribution is -2.45. The Hall–Kier alpha value is -1.63. The third-order valence-corrected chi connectivity index (χ3v) is 4.03. The molecule has 2 rings (SSSR count). The molecule has 1 aliphatic rings. The average molecular weight is 323 g/mol. The second kappa shape index (κ2) is 7.77. The van der Waals surface area contributed by atoms with Crippen molar-refractivity contribution >= 4 is 6.09 Å². The Bertz CT molecular complexity index is 503. The third kappa shape index (κ3) is 6.17. The number of nitrogens with one attached hydrogen (secondary N) is 2. The first kappa shape index (κ1) is 17.7. The van der Waals surface area contributed by atoms with Crippen molar-refractivity contribution in [3.05, 3.63) is 11.9 Å². The summed E-state index contributed by atoms with van der Waals surface area (Å²) in [5.74, 6) is 0.585. The van der Waals surface area contributed by atoms with E-state index in [9.17, 15) is 4.79 Å². The highest BCUT2D eigenvalue weighted by Crippen LogP contribution is 2.27. The van der Waals surface area contributed by atoms with Gasteiger partial charge in [0, 0.05) is 32.4 Å². The van der Waals surface area contributed by atoms with E-state index in [0.29, 0.717) is 19.0 Å². The highest BCUT2D eigenvalue weighted by atomic mass is 16.6. The number of amides is 1. The molecule has 1 aromatic rings. The summed E-state index contributed by atoms with van der Waals surface area (Å²) in [6.45, 7) is 6.83. The number of alkyl carbamates (subject to hydrolysis) is 1. The number of nitrogens with zero attached hydrogens (tertiary/aromatic N) is 3. The number of aryl methyl sites for hydroxylation is 1. The Morgan fingerprint density at radius 2 is 2.13 bits per heavy atom. The second-order valence-electron chi connectivity index (χ2n) is 7.30. The fourth-order valence-corrected chi connectivity index (χ4v) is 2.98. The molecule has 1 fully saturated rings. The molecule has 0 radical (unpaired) electrons. The predicted molar refractivity (Wildman–Crippen MR) is 87.8 cm³/mol. The maximum atomic E-state index is 11.9. The lowest BCUT2D eigenvalue weighted by atomic mass is 9.98. The van der Waals surface area contributed by atoms with Crippen LogP contribution in [0.25, 0.3) is 0 Å². The molecule has 0 saturated heterocycles. The van der Waals surface area contributed by atoms with Crippen LogP contribution in [0.3, 0.4) is 0 Å². The average Bonchev–Trinajstić information content (AvgIpc) is 3.08. The van der Waals surface area contributed by atoms with Gasteiger partial charge in [0.05, 0.1) is 5.69 Å². The zero-order chi connectivity index (χ0) is 16.9. The van der Waals surface area contributed by atoms with Crippen LogP contribution in [0, 0.1) is 5.92 Å². The van der Waals surface area contributed by atoms with Gasteiger partial charge in [-0.3, -0.25) is 4.68 Å². The largest absolute Gasteiger partial charge is 0.444 e. The predicted octanol–water partition coefficient (Wildman–Crippen LogP) is 1.99. The molecule has 0 spiro atoms. The summed E-state index contributed by atoms with van der Waals surface area (Å²) in [5, 5.41) is 14.5. The molecule has 0 aromatic carbocycles. The van der Waals surface area contributed by atoms with Gasteiger partial charge in [0.15, 0.2) is 0 Å². The molecule has 1 atom stereocenters. The Morgan fingerprint density at radius 1 is 1.43 bits per heavy atom. The number of aromatic nitrogens is 3. The topological polar surface area (TPSA) is 81.1 Å². The van der Waals surface area contributed by atoms with Crippen LogP contribution in [0.2, 0.25) is 0 Å². The van der Waals surface area contributed by atoms with E-state index in [1.54, 1.807) is 4.68 Å². The molecule has 1 amide bonds. The number of ether oxygens (including phenoxy) is 1. The molecule has 7 nitrogen and oxygen atoms in total. The highest BCUT2D eigenvalue weighted by molar-refractivity contribution is 5.67. The minimum atomic E-state index is -0.472. The smallest absolute Gasteiger partial charge is 0.407 e. The van der Waals surface area contributed by atoms with Crippen LogP contribution in [0.1, 0.15) is 52.1 Å². The maximum Gasteiger partial charge on any atom is 0.407 e. The molecular weight excluding hydrogens is 294 g/mol. The Labute approximate surface area is 138 Å². The van der Waals surface area contributed by atoms with E-state index < -0.39 is 5.60 Å². The lowest BCUT2D eigenvalue weighted by Gasteiger charge is -2.26. The van der Waals surface area contributed by atoms with Gasteiger partial charge >= 0.3 is 6.09 Å². The van der Waals surface area contributed by atoms with E-state index in [-0.39, 0.29) is 12.1 Å². The van der Waals surface area contributed by atoms with E-state index in [1.807, 2.05) is 34.0 Å². The monoisotopic (exact) mass is 323 g/mol. The number of hydrogen-bond donors (Lipinski definition) is 2. The summed E-state index contributed by atoms with van der Waals surface area (Å²) >= 11 is 0. The van der Waals surface area contributed by atoms with E-state index in [0.717, 1.165) is 5.69 Å². The molecule has 0 bridgehead atoms. The van der Waals surface area contributed by atoms with Crippen molar-refractivity contribution < 1.29 is 9.53 Å². The standard InChI is InChI=1S/C16H29N5O2/c1-16(2,3)23-15(22)18-10-14(12-7-5-6-8-12)17-9-13-11-21(4)20-19-13/h11-12,14,17H,5-10H2,1-4H3,(H,18,22). The van der Waals surface area contributed by atoms with Crippen LogP contribution >= 0.6 is 0 Å². The summed E-state index contributed by atoms with van der Waals surface area (Å²) in [5.41, 5.74) is 0.438. The first-order valence-corrected chi connectivity index (χ1v) is 8.39. The van der Waals surface area contributed by atoms with Gasteiger partial charge < -0.3 is 15.4 Å². The summed E-state index contributed by atoms with van der Waals surface area (Å²) < 4.78 is 7.01. The van der Waals surface area contributed by atoms with E-state index in [4.69, 9.17) is 4.74 Å². The fourth-order valence-electron chi connectivity index (χ4n) is 2.98. The first-order valence-electron chi connectivity index (χ1n) is 8.39. The molecule has 1 aliphatic carbocycles. The van der Waals surface area contributed by atoms with Crippen molar-refractivity contribution in [2.75, 3.05) is 6.54 Å². The number of hydrogen-bond acceptors (Lipinski definition) is 5. The van der Waals surface area contributed by atoms with E-state index in [2.05, 4.69) is 20.9 Å².